The van der Waals surface area contributed by atoms with Crippen LogP contribution in [-0.4, -0.2) is 58.8 Å². The van der Waals surface area contributed by atoms with E-state index >= 15 is 0 Å². The number of hydrogen-bond donors (Lipinski definition) is 2. The Labute approximate surface area is 210 Å². The van der Waals surface area contributed by atoms with Gasteiger partial charge in [-0.05, 0) is 68.6 Å². The smallest absolute Gasteiger partial charge is 0.313 e. The number of carbonyl (C=O) groups excluding carboxylic acids is 2. The molecule has 0 radical (unpaired) electrons. The van der Waals surface area contributed by atoms with Crippen LogP contribution in [0.25, 0.3) is 10.2 Å². The van der Waals surface area contributed by atoms with Crippen molar-refractivity contribution in [2.45, 2.75) is 45.6 Å². The molecule has 8 nitrogen and oxygen atoms in total. The van der Waals surface area contributed by atoms with E-state index in [9.17, 15) is 9.59 Å². The first-order chi connectivity index (χ1) is 16.7. The van der Waals surface area contributed by atoms with Crippen molar-refractivity contribution in [3.8, 4) is 0 Å². The van der Waals surface area contributed by atoms with Gasteiger partial charge in [-0.15, -0.1) is 11.3 Å². The fourth-order valence-corrected chi connectivity index (χ4v) is 5.47. The molecule has 2 amide bonds. The summed E-state index contributed by atoms with van der Waals surface area (Å²) in [5, 5.41) is 3.83. The van der Waals surface area contributed by atoms with Gasteiger partial charge in [0.1, 0.15) is 5.82 Å². The zero-order valence-corrected chi connectivity index (χ0v) is 21.7. The van der Waals surface area contributed by atoms with E-state index in [2.05, 4.69) is 54.4 Å². The number of nitrogen functional groups attached to an aromatic ring is 1. The summed E-state index contributed by atoms with van der Waals surface area (Å²) in [5.41, 5.74) is 9.16. The van der Waals surface area contributed by atoms with Crippen LogP contribution in [0, 0.1) is 5.92 Å². The van der Waals surface area contributed by atoms with E-state index < -0.39 is 11.8 Å². The van der Waals surface area contributed by atoms with Gasteiger partial charge in [-0.1, -0.05) is 19.9 Å². The average Bonchev–Trinajstić information content (AvgIpc) is 3.25. The lowest BCUT2D eigenvalue weighted by molar-refractivity contribution is -0.146. The molecule has 3 aromatic rings. The number of likely N-dealkylation sites (N-methyl/N-ethyl adjacent to an activating group) is 1. The molecule has 2 aromatic heterocycles. The fourth-order valence-electron chi connectivity index (χ4n) is 4.54. The third kappa shape index (κ3) is 5.79. The van der Waals surface area contributed by atoms with E-state index in [-0.39, 0.29) is 6.04 Å². The molecule has 1 aliphatic rings. The van der Waals surface area contributed by atoms with Gasteiger partial charge in [-0.2, -0.15) is 0 Å². The van der Waals surface area contributed by atoms with Crippen molar-refractivity contribution in [1.82, 2.24) is 19.8 Å². The molecule has 1 saturated heterocycles. The molecule has 1 aromatic carbocycles. The Kier molecular flexibility index (Phi) is 7.66. The van der Waals surface area contributed by atoms with Crippen molar-refractivity contribution in [2.24, 2.45) is 5.92 Å². The Morgan fingerprint density at radius 1 is 1.26 bits per heavy atom. The molecular formula is C26H34N6O2S. The molecule has 1 aliphatic heterocycles. The van der Waals surface area contributed by atoms with E-state index in [4.69, 9.17) is 10.7 Å². The summed E-state index contributed by atoms with van der Waals surface area (Å²) >= 11 is 1.71. The quantitative estimate of drug-likeness (QED) is 0.504. The Morgan fingerprint density at radius 2 is 2.06 bits per heavy atom. The van der Waals surface area contributed by atoms with Gasteiger partial charge in [-0.25, -0.2) is 9.97 Å². The topological polar surface area (TPSA) is 104 Å². The Bertz CT molecular complexity index is 1220. The van der Waals surface area contributed by atoms with E-state index in [1.54, 1.807) is 22.3 Å². The highest BCUT2D eigenvalue weighted by atomic mass is 32.1. The van der Waals surface area contributed by atoms with Crippen LogP contribution in [0.15, 0.2) is 30.5 Å². The monoisotopic (exact) mass is 494 g/mol. The van der Waals surface area contributed by atoms with Gasteiger partial charge < -0.3 is 20.9 Å². The van der Waals surface area contributed by atoms with Gasteiger partial charge in [0.25, 0.3) is 0 Å². The SMILES string of the molecule is CCc1cc(NC(=O)C(=O)N2C[C@H](C)CC[C@H]2c2ccc3sc(CCN(C)C)nc3c2)cnc1N. The molecule has 3 N–H and O–H groups in total. The van der Waals surface area contributed by atoms with Crippen LogP contribution < -0.4 is 11.1 Å². The normalized spacial score (nSPS) is 18.3. The van der Waals surface area contributed by atoms with Gasteiger partial charge in [0.2, 0.25) is 0 Å². The molecule has 4 rings (SSSR count). The molecule has 0 bridgehead atoms. The fraction of sp³-hybridized carbons (Fsp3) is 0.462. The van der Waals surface area contributed by atoms with Gasteiger partial charge in [0.05, 0.1) is 33.2 Å². The molecule has 186 valence electrons. The minimum Gasteiger partial charge on any atom is -0.383 e. The molecule has 2 atom stereocenters. The highest BCUT2D eigenvalue weighted by Crippen LogP contribution is 2.35. The van der Waals surface area contributed by atoms with E-state index in [0.29, 0.717) is 30.4 Å². The molecule has 1 fully saturated rings. The van der Waals surface area contributed by atoms with Crippen LogP contribution in [0.5, 0.6) is 0 Å². The van der Waals surface area contributed by atoms with E-state index in [0.717, 1.165) is 52.2 Å². The molecule has 0 saturated carbocycles. The first-order valence-corrected chi connectivity index (χ1v) is 13.0. The lowest BCUT2D eigenvalue weighted by atomic mass is 9.89. The van der Waals surface area contributed by atoms with Crippen molar-refractivity contribution in [1.29, 1.82) is 0 Å². The van der Waals surface area contributed by atoms with Crippen LogP contribution in [-0.2, 0) is 22.4 Å². The number of piperidine rings is 1. The third-order valence-corrected chi connectivity index (χ3v) is 7.62. The predicted octanol–water partition coefficient (Wildman–Crippen LogP) is 3.88. The molecule has 0 aliphatic carbocycles. The summed E-state index contributed by atoms with van der Waals surface area (Å²) in [4.78, 5) is 39.1. The maximum atomic E-state index is 13.3. The number of nitrogens with one attached hydrogen (secondary N) is 1. The van der Waals surface area contributed by atoms with Crippen molar-refractivity contribution < 1.29 is 9.59 Å². The number of aromatic nitrogens is 2. The molecule has 9 heteroatoms. The number of amides is 2. The number of pyridine rings is 1. The van der Waals surface area contributed by atoms with Gasteiger partial charge in [-0.3, -0.25) is 9.59 Å². The number of hydrogen-bond acceptors (Lipinski definition) is 7. The number of carbonyl (C=O) groups is 2. The highest BCUT2D eigenvalue weighted by Gasteiger charge is 2.34. The average molecular weight is 495 g/mol. The summed E-state index contributed by atoms with van der Waals surface area (Å²) in [7, 11) is 4.12. The molecular weight excluding hydrogens is 460 g/mol. The van der Waals surface area contributed by atoms with Crippen LogP contribution in [0.2, 0.25) is 0 Å². The Balaban J connectivity index is 1.54. The van der Waals surface area contributed by atoms with Gasteiger partial charge in [0, 0.05) is 19.5 Å². The van der Waals surface area contributed by atoms with Crippen LogP contribution >= 0.6 is 11.3 Å². The van der Waals surface area contributed by atoms with Gasteiger partial charge in [0.15, 0.2) is 0 Å². The molecule has 3 heterocycles. The minimum absolute atomic E-state index is 0.156. The van der Waals surface area contributed by atoms with Crippen LogP contribution in [0.1, 0.15) is 48.9 Å². The van der Waals surface area contributed by atoms with Crippen LogP contribution in [0.4, 0.5) is 11.5 Å². The lowest BCUT2D eigenvalue weighted by Crippen LogP contribution is -2.46. The second-order valence-corrected chi connectivity index (χ2v) is 10.7. The number of likely N-dealkylation sites (tertiary alicyclic amines) is 1. The van der Waals surface area contributed by atoms with E-state index in [1.807, 2.05) is 6.92 Å². The maximum absolute atomic E-state index is 13.3. The number of anilines is 2. The van der Waals surface area contributed by atoms with Crippen molar-refractivity contribution >= 4 is 44.9 Å². The maximum Gasteiger partial charge on any atom is 0.313 e. The molecule has 0 spiro atoms. The first kappa shape index (κ1) is 25.1. The largest absolute Gasteiger partial charge is 0.383 e. The number of rotatable bonds is 6. The summed E-state index contributed by atoms with van der Waals surface area (Å²) in [5.74, 6) is -0.419. The number of thiazole rings is 1. The Morgan fingerprint density at radius 3 is 2.80 bits per heavy atom. The van der Waals surface area contributed by atoms with Crippen LogP contribution in [0.3, 0.4) is 0 Å². The first-order valence-electron chi connectivity index (χ1n) is 12.2. The third-order valence-electron chi connectivity index (χ3n) is 6.53. The van der Waals surface area contributed by atoms with Crippen molar-refractivity contribution in [2.75, 3.05) is 38.2 Å². The standard InChI is InChI=1S/C26H34N6O2S/c1-5-17-12-19(14-28-24(17)27)29-25(33)26(34)32-15-16(2)6-8-21(32)18-7-9-22-20(13-18)30-23(35-22)10-11-31(3)4/h7,9,12-14,16,21H,5-6,8,10-11,15H2,1-4H3,(H2,27,28)(H,29,33)/t16-,21+/m1/s1. The molecule has 35 heavy (non-hydrogen) atoms. The van der Waals surface area contributed by atoms with Gasteiger partial charge >= 0.3 is 11.8 Å². The minimum atomic E-state index is -0.654. The number of nitrogens with zero attached hydrogens (tertiary/aromatic N) is 4. The number of benzene rings is 1. The van der Waals surface area contributed by atoms with Crippen molar-refractivity contribution in [3.05, 3.63) is 46.6 Å². The Hall–Kier alpha value is -3.04. The van der Waals surface area contributed by atoms with Crippen molar-refractivity contribution in [3.63, 3.8) is 0 Å². The summed E-state index contributed by atoms with van der Waals surface area (Å²) in [6.45, 7) is 5.58. The summed E-state index contributed by atoms with van der Waals surface area (Å²) in [6.07, 6.45) is 4.90. The highest BCUT2D eigenvalue weighted by molar-refractivity contribution is 7.18. The lowest BCUT2D eigenvalue weighted by Gasteiger charge is -2.38. The zero-order valence-electron chi connectivity index (χ0n) is 20.9. The number of nitrogens with two attached hydrogens (primary N) is 1. The summed E-state index contributed by atoms with van der Waals surface area (Å²) < 4.78 is 1.14. The molecule has 0 unspecified atom stereocenters. The number of aryl methyl sites for hydroxylation is 1. The zero-order chi connectivity index (χ0) is 25.1. The second-order valence-electron chi connectivity index (χ2n) is 9.62. The van der Waals surface area contributed by atoms with E-state index in [1.165, 1.54) is 6.20 Å². The second kappa shape index (κ2) is 10.7. The summed E-state index contributed by atoms with van der Waals surface area (Å²) in [6, 6.07) is 7.87. The number of fused-ring (bicyclic) bond motifs is 1. The predicted molar refractivity (Wildman–Crippen MR) is 141 cm³/mol.